The molecule has 0 bridgehead atoms. The molecule has 0 aromatic rings. The van der Waals surface area contributed by atoms with Gasteiger partial charge in [0, 0.05) is 12.8 Å². The Bertz CT molecular complexity index is 1250. The average molecular weight is 887 g/mol. The number of aliphatic hydroxyl groups excluding tert-OH is 4. The third kappa shape index (κ3) is 34.2. The van der Waals surface area contributed by atoms with E-state index in [2.05, 4.69) is 86.8 Å². The van der Waals surface area contributed by atoms with E-state index in [0.717, 1.165) is 64.2 Å². The summed E-state index contributed by atoms with van der Waals surface area (Å²) in [6, 6.07) is 0. The van der Waals surface area contributed by atoms with Crippen molar-refractivity contribution in [1.82, 2.24) is 0 Å². The average Bonchev–Trinajstić information content (AvgIpc) is 3.28. The van der Waals surface area contributed by atoms with Crippen molar-refractivity contribution in [1.29, 1.82) is 0 Å². The zero-order valence-electron chi connectivity index (χ0n) is 39.6. The van der Waals surface area contributed by atoms with Gasteiger partial charge in [0.1, 0.15) is 31.0 Å². The molecule has 0 saturated carbocycles. The van der Waals surface area contributed by atoms with Crippen LogP contribution in [0, 0.1) is 0 Å². The van der Waals surface area contributed by atoms with Gasteiger partial charge in [0.15, 0.2) is 12.4 Å². The molecule has 362 valence electrons. The Morgan fingerprint density at radius 2 is 0.968 bits per heavy atom. The van der Waals surface area contributed by atoms with Gasteiger partial charge in [-0.05, 0) is 83.5 Å². The summed E-state index contributed by atoms with van der Waals surface area (Å²) in [5, 5.41) is 40.1. The molecule has 0 radical (unpaired) electrons. The van der Waals surface area contributed by atoms with Crippen molar-refractivity contribution in [3.63, 3.8) is 0 Å². The van der Waals surface area contributed by atoms with E-state index in [1.807, 2.05) is 0 Å². The summed E-state index contributed by atoms with van der Waals surface area (Å²) >= 11 is 0. The Morgan fingerprint density at radius 1 is 0.508 bits per heavy atom. The van der Waals surface area contributed by atoms with Crippen molar-refractivity contribution >= 4 is 11.9 Å². The van der Waals surface area contributed by atoms with Gasteiger partial charge in [-0.2, -0.15) is 0 Å². The Morgan fingerprint density at radius 3 is 1.52 bits per heavy atom. The van der Waals surface area contributed by atoms with E-state index in [1.165, 1.54) is 89.9 Å². The van der Waals surface area contributed by atoms with Crippen LogP contribution in [-0.4, -0.2) is 89.0 Å². The number of rotatable bonds is 41. The quantitative estimate of drug-likeness (QED) is 0.0265. The number of hydrogen-bond donors (Lipinski definition) is 4. The molecule has 1 fully saturated rings. The van der Waals surface area contributed by atoms with Crippen molar-refractivity contribution in [2.24, 2.45) is 0 Å². The van der Waals surface area contributed by atoms with E-state index < -0.39 is 55.4 Å². The van der Waals surface area contributed by atoms with Crippen LogP contribution in [0.1, 0.15) is 194 Å². The second-order valence-corrected chi connectivity index (χ2v) is 16.9. The van der Waals surface area contributed by atoms with Gasteiger partial charge in [-0.1, -0.05) is 170 Å². The molecular formula is C53H90O10. The fraction of sp³-hybridized carbons (Fsp3) is 0.736. The zero-order chi connectivity index (χ0) is 45.9. The first-order chi connectivity index (χ1) is 30.8. The summed E-state index contributed by atoms with van der Waals surface area (Å²) in [4.78, 5) is 25.4. The van der Waals surface area contributed by atoms with Crippen LogP contribution >= 0.6 is 0 Å². The number of aliphatic hydroxyl groups is 4. The lowest BCUT2D eigenvalue weighted by Gasteiger charge is -2.39. The number of carbonyl (C=O) groups excluding carboxylic acids is 2. The Balaban J connectivity index is 2.32. The maximum absolute atomic E-state index is 12.8. The van der Waals surface area contributed by atoms with Gasteiger partial charge < -0.3 is 39.4 Å². The van der Waals surface area contributed by atoms with Gasteiger partial charge in [-0.25, -0.2) is 0 Å². The highest BCUT2D eigenvalue weighted by Gasteiger charge is 2.44. The number of unbranched alkanes of at least 4 members (excludes halogenated alkanes) is 18. The van der Waals surface area contributed by atoms with Gasteiger partial charge in [0.2, 0.25) is 0 Å². The normalized spacial score (nSPS) is 20.1. The third-order valence-electron chi connectivity index (χ3n) is 11.1. The van der Waals surface area contributed by atoms with Crippen molar-refractivity contribution in [3.05, 3.63) is 72.9 Å². The van der Waals surface area contributed by atoms with Crippen LogP contribution in [0.15, 0.2) is 72.9 Å². The monoisotopic (exact) mass is 887 g/mol. The summed E-state index contributed by atoms with van der Waals surface area (Å²) in [7, 11) is 0. The lowest BCUT2D eigenvalue weighted by molar-refractivity contribution is -0.305. The molecule has 0 spiro atoms. The molecular weight excluding hydrogens is 797 g/mol. The first-order valence-electron chi connectivity index (χ1n) is 25.0. The summed E-state index contributed by atoms with van der Waals surface area (Å²) in [5.74, 6) is -0.907. The van der Waals surface area contributed by atoms with Crippen molar-refractivity contribution in [2.45, 2.75) is 230 Å². The lowest BCUT2D eigenvalue weighted by Crippen LogP contribution is -2.59. The number of hydrogen-bond acceptors (Lipinski definition) is 10. The van der Waals surface area contributed by atoms with Crippen molar-refractivity contribution < 1.29 is 49.0 Å². The smallest absolute Gasteiger partial charge is 0.306 e. The van der Waals surface area contributed by atoms with Gasteiger partial charge in [0.25, 0.3) is 0 Å². The lowest BCUT2D eigenvalue weighted by atomic mass is 9.99. The molecule has 63 heavy (non-hydrogen) atoms. The minimum absolute atomic E-state index is 0.158. The number of carbonyl (C=O) groups is 2. The molecule has 1 rings (SSSR count). The topological polar surface area (TPSA) is 152 Å². The molecule has 10 heteroatoms. The predicted octanol–water partition coefficient (Wildman–Crippen LogP) is 11.6. The van der Waals surface area contributed by atoms with E-state index in [1.54, 1.807) is 0 Å². The maximum Gasteiger partial charge on any atom is 0.306 e. The van der Waals surface area contributed by atoms with E-state index >= 15 is 0 Å². The first kappa shape index (κ1) is 58.2. The van der Waals surface area contributed by atoms with E-state index in [-0.39, 0.29) is 26.1 Å². The standard InChI is InChI=1S/C53H90O10/c1-3-5-7-9-11-13-15-17-19-20-21-22-23-24-25-26-28-30-32-34-36-38-40-42-49(56)62-46(45-61-53-52(59)51(58)50(57)47(43-54)63-53)44-60-48(55)41-39-37-35-33-31-29-27-18-16-14-12-10-8-6-4-2/h6,8,12,14,18,26-28,31,33-34,36,46-47,50-54,57-59H,3-5,7,9-11,13,15-17,19-25,29-30,32,35,37-45H2,1-2H3/b8-6+,14-12+,27-18+,28-26+,33-31+,36-34+/t46-,47-,50+,51?,52?,53-/m1/s1. The van der Waals surface area contributed by atoms with Crippen molar-refractivity contribution in [3.8, 4) is 0 Å². The molecule has 0 aromatic carbocycles. The Kier molecular flexibility index (Phi) is 39.7. The molecule has 0 aromatic heterocycles. The predicted molar refractivity (Wildman–Crippen MR) is 256 cm³/mol. The highest BCUT2D eigenvalue weighted by atomic mass is 16.7. The summed E-state index contributed by atoms with van der Waals surface area (Å²) < 4.78 is 22.1. The molecule has 0 amide bonds. The summed E-state index contributed by atoms with van der Waals surface area (Å²) in [5.41, 5.74) is 0. The molecule has 2 unspecified atom stereocenters. The van der Waals surface area contributed by atoms with Gasteiger partial charge in [-0.15, -0.1) is 0 Å². The SMILES string of the molecule is CC/C=C/C/C=C/C/C=C/C/C=C/CCCCC(=O)OC[C@H](CO[C@@H]1O[C@H](CO)[C@H](O)C(O)C1O)OC(=O)CCC/C=C/CC/C=C/CCCCCCCCCCCCCCCC. The molecule has 0 aliphatic carbocycles. The molecule has 6 atom stereocenters. The van der Waals surface area contributed by atoms with Crippen LogP contribution in [0.4, 0.5) is 0 Å². The molecule has 10 nitrogen and oxygen atoms in total. The van der Waals surface area contributed by atoms with E-state index in [9.17, 15) is 30.0 Å². The first-order valence-corrected chi connectivity index (χ1v) is 25.0. The highest BCUT2D eigenvalue weighted by Crippen LogP contribution is 2.22. The Hall–Kier alpha value is -2.86. The molecule has 1 heterocycles. The summed E-state index contributed by atoms with van der Waals surface area (Å²) in [6.07, 6.45) is 47.9. The molecule has 1 aliphatic heterocycles. The molecule has 4 N–H and O–H groups in total. The van der Waals surface area contributed by atoms with E-state index in [4.69, 9.17) is 18.9 Å². The minimum Gasteiger partial charge on any atom is -0.462 e. The maximum atomic E-state index is 12.8. The van der Waals surface area contributed by atoms with Crippen LogP contribution < -0.4 is 0 Å². The van der Waals surface area contributed by atoms with Crippen LogP contribution in [0.2, 0.25) is 0 Å². The second kappa shape index (κ2) is 43.1. The molecule has 1 aliphatic rings. The third-order valence-corrected chi connectivity index (χ3v) is 11.1. The van der Waals surface area contributed by atoms with E-state index in [0.29, 0.717) is 12.8 Å². The summed E-state index contributed by atoms with van der Waals surface area (Å²) in [6.45, 7) is 3.24. The number of esters is 2. The minimum atomic E-state index is -1.61. The number of ether oxygens (including phenoxy) is 4. The van der Waals surface area contributed by atoms with Crippen molar-refractivity contribution in [2.75, 3.05) is 19.8 Å². The molecule has 1 saturated heterocycles. The fourth-order valence-corrected chi connectivity index (χ4v) is 7.14. The Labute approximate surface area is 383 Å². The van der Waals surface area contributed by atoms with Crippen LogP contribution in [0.25, 0.3) is 0 Å². The second-order valence-electron chi connectivity index (χ2n) is 16.9. The highest BCUT2D eigenvalue weighted by molar-refractivity contribution is 5.70. The van der Waals surface area contributed by atoms with Gasteiger partial charge in [-0.3, -0.25) is 9.59 Å². The van der Waals surface area contributed by atoms with Gasteiger partial charge in [0.05, 0.1) is 13.2 Å². The fourth-order valence-electron chi connectivity index (χ4n) is 7.14. The zero-order valence-corrected chi connectivity index (χ0v) is 39.6. The van der Waals surface area contributed by atoms with Crippen LogP contribution in [0.3, 0.4) is 0 Å². The van der Waals surface area contributed by atoms with Crippen LogP contribution in [0.5, 0.6) is 0 Å². The van der Waals surface area contributed by atoms with Gasteiger partial charge >= 0.3 is 11.9 Å². The largest absolute Gasteiger partial charge is 0.462 e. The van der Waals surface area contributed by atoms with Crippen LogP contribution in [-0.2, 0) is 28.5 Å². The number of allylic oxidation sites excluding steroid dienone is 12.